The zero-order chi connectivity index (χ0) is 18.3. The minimum atomic E-state index is -3.15. The Hall–Kier alpha value is -1.51. The van der Waals surface area contributed by atoms with Crippen molar-refractivity contribution < 1.29 is 19.4 Å². The van der Waals surface area contributed by atoms with Gasteiger partial charge in [-0.2, -0.15) is 0 Å². The molecule has 7 nitrogen and oxygen atoms in total. The number of rotatable bonds is 4. The highest BCUT2D eigenvalue weighted by molar-refractivity contribution is 7.88. The maximum Gasteiger partial charge on any atom is 0.226 e. The number of hydrogen-bond donors (Lipinski definition) is 1. The van der Waals surface area contributed by atoms with Crippen LogP contribution in [-0.4, -0.2) is 61.2 Å². The smallest absolute Gasteiger partial charge is 0.226 e. The summed E-state index contributed by atoms with van der Waals surface area (Å²) in [6.07, 6.45) is 8.07. The minimum absolute atomic E-state index is 0. The van der Waals surface area contributed by atoms with Gasteiger partial charge in [0.05, 0.1) is 24.4 Å². The topological polar surface area (TPSA) is 88.6 Å². The summed E-state index contributed by atoms with van der Waals surface area (Å²) in [6.45, 7) is 0.926. The van der Waals surface area contributed by atoms with Crippen molar-refractivity contribution in [2.24, 2.45) is 5.92 Å². The molecule has 8 heteroatoms. The van der Waals surface area contributed by atoms with Gasteiger partial charge in [0.15, 0.2) is 0 Å². The van der Waals surface area contributed by atoms with Crippen LogP contribution in [0.1, 0.15) is 38.6 Å². The first-order valence-electron chi connectivity index (χ1n) is 9.24. The zero-order valence-electron chi connectivity index (χ0n) is 14.9. The number of nitrogens with zero attached hydrogens (tertiary/aromatic N) is 2. The van der Waals surface area contributed by atoms with Gasteiger partial charge in [-0.25, -0.2) is 12.7 Å². The van der Waals surface area contributed by atoms with E-state index in [-0.39, 0.29) is 37.4 Å². The predicted molar refractivity (Wildman–Crippen MR) is 98.1 cm³/mol. The Bertz CT molecular complexity index is 768. The molecule has 4 heterocycles. The third-order valence-electron chi connectivity index (χ3n) is 5.94. The van der Waals surface area contributed by atoms with Crippen LogP contribution in [0, 0.1) is 5.92 Å². The average molecular weight is 381 g/mol. The summed E-state index contributed by atoms with van der Waals surface area (Å²) < 4.78 is 30.8. The first-order chi connectivity index (χ1) is 12.4. The van der Waals surface area contributed by atoms with E-state index in [1.165, 1.54) is 10.6 Å². The maximum atomic E-state index is 13.0. The predicted octanol–water partition coefficient (Wildman–Crippen LogP) is 1.13. The number of piperidine rings is 1. The molecule has 4 rings (SSSR count). The molecule has 1 unspecified atom stereocenters. The fraction of sp³-hybridized carbons (Fsp3) is 0.667. The van der Waals surface area contributed by atoms with Gasteiger partial charge in [-0.05, 0) is 43.4 Å². The second-order valence-corrected chi connectivity index (χ2v) is 9.55. The van der Waals surface area contributed by atoms with E-state index in [9.17, 15) is 13.2 Å². The van der Waals surface area contributed by atoms with Crippen LogP contribution in [0.25, 0.3) is 0 Å². The van der Waals surface area contributed by atoms with Crippen molar-refractivity contribution in [1.29, 1.82) is 0 Å². The molecule has 3 aliphatic rings. The van der Waals surface area contributed by atoms with Gasteiger partial charge in [0.2, 0.25) is 15.9 Å². The summed E-state index contributed by atoms with van der Waals surface area (Å²) in [7, 11) is -3.15. The van der Waals surface area contributed by atoms with Crippen LogP contribution in [0.15, 0.2) is 24.5 Å². The first kappa shape index (κ1) is 17.9. The van der Waals surface area contributed by atoms with Gasteiger partial charge in [0, 0.05) is 38.9 Å². The molecule has 0 aromatic carbocycles. The molecule has 3 saturated heterocycles. The Balaban J connectivity index is 0.00000210. The second kappa shape index (κ2) is 6.90. The van der Waals surface area contributed by atoms with Crippen molar-refractivity contribution >= 4 is 15.9 Å². The van der Waals surface area contributed by atoms with Crippen molar-refractivity contribution in [2.45, 2.75) is 49.9 Å². The van der Waals surface area contributed by atoms with Gasteiger partial charge in [-0.15, -0.1) is 0 Å². The molecule has 1 N–H and O–H groups in total. The summed E-state index contributed by atoms with van der Waals surface area (Å²) in [5, 5.41) is 3.16. The molecule has 0 saturated carbocycles. The Labute approximate surface area is 155 Å². The lowest BCUT2D eigenvalue weighted by atomic mass is 9.75. The molecular formula is C18H27N3O4S. The minimum Gasteiger partial charge on any atom is -0.373 e. The summed E-state index contributed by atoms with van der Waals surface area (Å²) in [6, 6.07) is 3.97. The number of ether oxygens (including phenoxy) is 1. The average Bonchev–Trinajstić information content (AvgIpc) is 3.23. The lowest BCUT2D eigenvalue weighted by molar-refractivity contribution is -0.127. The van der Waals surface area contributed by atoms with Gasteiger partial charge in [-0.3, -0.25) is 9.78 Å². The molecule has 3 aliphatic heterocycles. The number of nitrogens with one attached hydrogen (secondary N) is 1. The monoisotopic (exact) mass is 381 g/mol. The van der Waals surface area contributed by atoms with Gasteiger partial charge in [0.1, 0.15) is 0 Å². The van der Waals surface area contributed by atoms with Gasteiger partial charge in [0.25, 0.3) is 0 Å². The molecule has 0 aliphatic carbocycles. The van der Waals surface area contributed by atoms with Crippen molar-refractivity contribution in [3.05, 3.63) is 30.1 Å². The summed E-state index contributed by atoms with van der Waals surface area (Å²) in [5.41, 5.74) is 1.11. The van der Waals surface area contributed by atoms with E-state index in [1.807, 2.05) is 12.1 Å². The lowest BCUT2D eigenvalue weighted by Crippen LogP contribution is -2.49. The normalized spacial score (nSPS) is 32.7. The van der Waals surface area contributed by atoms with E-state index in [4.69, 9.17) is 4.74 Å². The summed E-state index contributed by atoms with van der Waals surface area (Å²) >= 11 is 0. The Morgan fingerprint density at radius 3 is 2.50 bits per heavy atom. The van der Waals surface area contributed by atoms with Crippen LogP contribution in [0.4, 0.5) is 0 Å². The molecule has 26 heavy (non-hydrogen) atoms. The summed E-state index contributed by atoms with van der Waals surface area (Å²) in [4.78, 5) is 17.1. The third-order valence-corrected chi connectivity index (χ3v) is 7.24. The Kier molecular flexibility index (Phi) is 4.75. The van der Waals surface area contributed by atoms with Gasteiger partial charge < -0.3 is 10.1 Å². The molecule has 0 radical (unpaired) electrons. The standard InChI is InChI=1S/C18H25N3O4S.H2/c1-26(23,24)21-10-6-13(7-11-21)20-18(22)17-15-3-2-14(25-15)16(17)12-4-8-19-9-5-12;/h4-5,8-9,13-17H,2-3,6-7,10-11H2,1H3,(H,20,22);1H/t14-,15?,16+,17+;/m0./s1. The third kappa shape index (κ3) is 3.37. The molecule has 144 valence electrons. The summed E-state index contributed by atoms with van der Waals surface area (Å²) in [5.74, 6) is -0.0613. The number of carbonyl (C=O) groups excluding carboxylic acids is 1. The highest BCUT2D eigenvalue weighted by atomic mass is 32.2. The van der Waals surface area contributed by atoms with E-state index in [2.05, 4.69) is 10.3 Å². The number of amides is 1. The molecule has 4 atom stereocenters. The van der Waals surface area contributed by atoms with Crippen LogP contribution >= 0.6 is 0 Å². The highest BCUT2D eigenvalue weighted by Gasteiger charge is 2.52. The SMILES string of the molecule is CS(=O)(=O)N1CCC(NC(=O)[C@@H]2C3CC[C@H](O3)[C@H]2c2ccncc2)CC1.[HH]. The van der Waals surface area contributed by atoms with Gasteiger partial charge in [-0.1, -0.05) is 0 Å². The second-order valence-electron chi connectivity index (χ2n) is 7.57. The first-order valence-corrected chi connectivity index (χ1v) is 11.1. The van der Waals surface area contributed by atoms with Crippen molar-refractivity contribution in [3.8, 4) is 0 Å². The number of pyridine rings is 1. The molecule has 3 fully saturated rings. The van der Waals surface area contributed by atoms with Crippen molar-refractivity contribution in [3.63, 3.8) is 0 Å². The maximum absolute atomic E-state index is 13.0. The van der Waals surface area contributed by atoms with Crippen LogP contribution in [0.2, 0.25) is 0 Å². The molecule has 2 bridgehead atoms. The molecule has 1 amide bonds. The number of carbonyl (C=O) groups is 1. The largest absolute Gasteiger partial charge is 0.373 e. The lowest BCUT2D eigenvalue weighted by Gasteiger charge is -2.33. The molecule has 1 aromatic heterocycles. The number of hydrogen-bond acceptors (Lipinski definition) is 5. The van der Waals surface area contributed by atoms with E-state index < -0.39 is 10.0 Å². The number of fused-ring (bicyclic) bond motifs is 2. The van der Waals surface area contributed by atoms with E-state index >= 15 is 0 Å². The van der Waals surface area contributed by atoms with E-state index in [0.29, 0.717) is 25.9 Å². The molecule has 1 aromatic rings. The molecule has 0 spiro atoms. The van der Waals surface area contributed by atoms with Crippen molar-refractivity contribution in [2.75, 3.05) is 19.3 Å². The van der Waals surface area contributed by atoms with Crippen molar-refractivity contribution in [1.82, 2.24) is 14.6 Å². The van der Waals surface area contributed by atoms with E-state index in [0.717, 1.165) is 18.4 Å². The number of aromatic nitrogens is 1. The quantitative estimate of drug-likeness (QED) is 0.845. The van der Waals surface area contributed by atoms with Gasteiger partial charge >= 0.3 is 0 Å². The zero-order valence-corrected chi connectivity index (χ0v) is 15.7. The van der Waals surface area contributed by atoms with Crippen LogP contribution in [-0.2, 0) is 19.6 Å². The molecular weight excluding hydrogens is 354 g/mol. The van der Waals surface area contributed by atoms with Crippen LogP contribution < -0.4 is 5.32 Å². The van der Waals surface area contributed by atoms with E-state index in [1.54, 1.807) is 12.4 Å². The van der Waals surface area contributed by atoms with Crippen LogP contribution in [0.5, 0.6) is 0 Å². The fourth-order valence-electron chi connectivity index (χ4n) is 4.65. The van der Waals surface area contributed by atoms with Crippen LogP contribution in [0.3, 0.4) is 0 Å². The Morgan fingerprint density at radius 1 is 1.19 bits per heavy atom. The fourth-order valence-corrected chi connectivity index (χ4v) is 5.52. The highest BCUT2D eigenvalue weighted by Crippen LogP contribution is 2.48. The number of sulfonamides is 1. The Morgan fingerprint density at radius 2 is 1.85 bits per heavy atom.